The Bertz CT molecular complexity index is 1180. The first kappa shape index (κ1) is 26.7. The van der Waals surface area contributed by atoms with Crippen LogP contribution in [0.4, 0.5) is 28.9 Å². The Kier molecular flexibility index (Phi) is 7.93. The molecule has 2 fully saturated rings. The summed E-state index contributed by atoms with van der Waals surface area (Å²) < 4.78 is 61.2. The summed E-state index contributed by atoms with van der Waals surface area (Å²) in [7, 11) is 0. The summed E-state index contributed by atoms with van der Waals surface area (Å²) in [6, 6.07) is 8.21. The van der Waals surface area contributed by atoms with Gasteiger partial charge in [0.05, 0.1) is 18.2 Å². The number of carbonyl (C=O) groups is 2. The Morgan fingerprint density at radius 2 is 1.78 bits per heavy atom. The van der Waals surface area contributed by atoms with E-state index in [1.54, 1.807) is 17.0 Å². The van der Waals surface area contributed by atoms with Crippen molar-refractivity contribution in [2.75, 3.05) is 36.9 Å². The summed E-state index contributed by atoms with van der Waals surface area (Å²) in [5, 5.41) is 5.56. The number of anilines is 2. The topological polar surface area (TPSA) is 79.9 Å². The molecular weight excluding hydrogens is 518 g/mol. The molecule has 0 saturated carbocycles. The van der Waals surface area contributed by atoms with E-state index in [2.05, 4.69) is 15.4 Å². The fraction of sp³-hybridized carbons (Fsp3) is 0.360. The molecule has 2 N–H and O–H groups in total. The highest BCUT2D eigenvalue weighted by Gasteiger charge is 2.41. The number of carbonyl (C=O) groups excluding carboxylic acids is 2. The monoisotopic (exact) mass is 541 g/mol. The summed E-state index contributed by atoms with van der Waals surface area (Å²) in [6.07, 6.45) is -2.43. The molecule has 0 aromatic heterocycles. The summed E-state index contributed by atoms with van der Waals surface area (Å²) in [4.78, 5) is 26.2. The van der Waals surface area contributed by atoms with Crippen molar-refractivity contribution >= 4 is 40.9 Å². The van der Waals surface area contributed by atoms with Crippen molar-refractivity contribution in [3.8, 4) is 5.75 Å². The first-order valence-electron chi connectivity index (χ1n) is 11.4. The minimum absolute atomic E-state index is 0.0211. The number of halogens is 5. The molecule has 2 bridgehead atoms. The maximum absolute atomic E-state index is 13.3. The van der Waals surface area contributed by atoms with E-state index in [9.17, 15) is 27.2 Å². The molecule has 0 spiro atoms. The van der Waals surface area contributed by atoms with Gasteiger partial charge in [-0.3, -0.25) is 9.59 Å². The Balaban J connectivity index is 1.50. The van der Waals surface area contributed by atoms with Gasteiger partial charge in [-0.1, -0.05) is 11.6 Å². The van der Waals surface area contributed by atoms with Crippen LogP contribution in [-0.4, -0.2) is 55.4 Å². The zero-order valence-corrected chi connectivity index (χ0v) is 20.4. The third kappa shape index (κ3) is 6.92. The molecule has 2 aliphatic heterocycles. The van der Waals surface area contributed by atoms with E-state index in [0.29, 0.717) is 26.3 Å². The van der Waals surface area contributed by atoms with Crippen LogP contribution in [0.5, 0.6) is 5.75 Å². The van der Waals surface area contributed by atoms with Crippen LogP contribution >= 0.6 is 11.6 Å². The van der Waals surface area contributed by atoms with Gasteiger partial charge in [-0.15, -0.1) is 13.2 Å². The average Bonchev–Trinajstić information content (AvgIpc) is 2.80. The third-order valence-electron chi connectivity index (χ3n) is 6.12. The molecule has 2 aliphatic rings. The van der Waals surface area contributed by atoms with Crippen LogP contribution < -0.4 is 15.4 Å². The molecule has 2 amide bonds. The molecule has 0 unspecified atom stereocenters. The number of piperidine rings is 1. The lowest BCUT2D eigenvalue weighted by atomic mass is 9.82. The van der Waals surface area contributed by atoms with Crippen LogP contribution in [0.2, 0.25) is 5.02 Å². The molecule has 4 rings (SSSR count). The zero-order valence-electron chi connectivity index (χ0n) is 19.6. The number of benzene rings is 2. The Hall–Kier alpha value is -3.31. The van der Waals surface area contributed by atoms with E-state index in [0.717, 1.165) is 17.8 Å². The minimum Gasteiger partial charge on any atom is -0.404 e. The number of amides is 2. The van der Waals surface area contributed by atoms with E-state index < -0.39 is 18.0 Å². The molecule has 12 heteroatoms. The Labute approximate surface area is 215 Å². The minimum atomic E-state index is -4.97. The van der Waals surface area contributed by atoms with Gasteiger partial charge in [0.1, 0.15) is 11.6 Å². The highest BCUT2D eigenvalue weighted by molar-refractivity contribution is 6.32. The van der Waals surface area contributed by atoms with Gasteiger partial charge in [-0.2, -0.15) is 0 Å². The molecule has 198 valence electrons. The molecule has 3 atom stereocenters. The van der Waals surface area contributed by atoms with Crippen molar-refractivity contribution in [2.24, 2.45) is 11.8 Å². The highest BCUT2D eigenvalue weighted by atomic mass is 35.5. The predicted octanol–water partition coefficient (Wildman–Crippen LogP) is 4.93. The average molecular weight is 542 g/mol. The molecule has 2 heterocycles. The largest absolute Gasteiger partial charge is 0.573 e. The van der Waals surface area contributed by atoms with Crippen molar-refractivity contribution in [3.63, 3.8) is 0 Å². The second-order valence-corrected chi connectivity index (χ2v) is 9.32. The number of hydrogen-bond donors (Lipinski definition) is 2. The second-order valence-electron chi connectivity index (χ2n) is 8.91. The van der Waals surface area contributed by atoms with Crippen LogP contribution in [0.15, 0.2) is 42.5 Å². The Morgan fingerprint density at radius 3 is 2.38 bits per heavy atom. The van der Waals surface area contributed by atoms with Gasteiger partial charge >= 0.3 is 6.36 Å². The molecule has 2 aromatic rings. The molecule has 7 nitrogen and oxygen atoms in total. The van der Waals surface area contributed by atoms with Gasteiger partial charge in [0.15, 0.2) is 0 Å². The first-order valence-corrected chi connectivity index (χ1v) is 11.8. The lowest BCUT2D eigenvalue weighted by molar-refractivity contribution is -0.274. The van der Waals surface area contributed by atoms with E-state index in [-0.39, 0.29) is 45.9 Å². The maximum atomic E-state index is 13.3. The van der Waals surface area contributed by atoms with Crippen LogP contribution in [0.3, 0.4) is 0 Å². The molecule has 37 heavy (non-hydrogen) atoms. The van der Waals surface area contributed by atoms with Gasteiger partial charge < -0.3 is 25.0 Å². The summed E-state index contributed by atoms with van der Waals surface area (Å²) in [6.45, 7) is 2.88. The number of nitrogens with zero attached hydrogens (tertiary/aromatic N) is 1. The number of ether oxygens (including phenoxy) is 2. The quantitative estimate of drug-likeness (QED) is 0.400. The smallest absolute Gasteiger partial charge is 0.404 e. The van der Waals surface area contributed by atoms with E-state index in [1.165, 1.54) is 31.2 Å². The number of rotatable bonds is 6. The zero-order chi connectivity index (χ0) is 26.7. The third-order valence-corrected chi connectivity index (χ3v) is 6.42. The summed E-state index contributed by atoms with van der Waals surface area (Å²) in [5.41, 5.74) is 1.01. The van der Waals surface area contributed by atoms with E-state index in [1.807, 2.05) is 0 Å². The number of hydrogen-bond acceptors (Lipinski definition) is 5. The number of fused-ring (bicyclic) bond motifs is 2. The van der Waals surface area contributed by atoms with E-state index >= 15 is 0 Å². The van der Waals surface area contributed by atoms with Gasteiger partial charge in [0, 0.05) is 60.9 Å². The fourth-order valence-electron chi connectivity index (χ4n) is 4.56. The predicted molar refractivity (Wildman–Crippen MR) is 130 cm³/mol. The molecule has 2 aromatic carbocycles. The van der Waals surface area contributed by atoms with Crippen molar-refractivity contribution in [3.05, 3.63) is 58.9 Å². The molecule has 0 aliphatic carbocycles. The van der Waals surface area contributed by atoms with Gasteiger partial charge in [0.2, 0.25) is 11.8 Å². The Morgan fingerprint density at radius 1 is 1.14 bits per heavy atom. The van der Waals surface area contributed by atoms with Crippen LogP contribution in [0.1, 0.15) is 12.5 Å². The molecular formula is C25H24ClF4N3O4. The van der Waals surface area contributed by atoms with Gasteiger partial charge in [-0.25, -0.2) is 4.39 Å². The molecule has 2 saturated heterocycles. The second kappa shape index (κ2) is 11.0. The van der Waals surface area contributed by atoms with Gasteiger partial charge in [0.25, 0.3) is 0 Å². The summed E-state index contributed by atoms with van der Waals surface area (Å²) in [5.74, 6) is -1.85. The maximum Gasteiger partial charge on any atom is 0.573 e. The van der Waals surface area contributed by atoms with Crippen LogP contribution in [0, 0.1) is 17.7 Å². The normalized spacial score (nSPS) is 21.6. The lowest BCUT2D eigenvalue weighted by Gasteiger charge is -2.47. The van der Waals surface area contributed by atoms with Crippen molar-refractivity contribution in [1.82, 2.24) is 4.90 Å². The van der Waals surface area contributed by atoms with Crippen LogP contribution in [-0.2, 0) is 14.3 Å². The SMILES string of the molecule is CC(=O)Nc1cc(Cl)c(OC(F)(F)F)cc1/C=C/C(=O)N1C[C@H]2COC[C@@H](C1)[C@@H]2Nc1ccc(F)cc1. The number of nitrogens with one attached hydrogen (secondary N) is 2. The van der Waals surface area contributed by atoms with Crippen LogP contribution in [0.25, 0.3) is 6.08 Å². The summed E-state index contributed by atoms with van der Waals surface area (Å²) >= 11 is 5.90. The van der Waals surface area contributed by atoms with Crippen molar-refractivity contribution in [2.45, 2.75) is 19.3 Å². The highest BCUT2D eigenvalue weighted by Crippen LogP contribution is 2.36. The fourth-order valence-corrected chi connectivity index (χ4v) is 4.77. The first-order chi connectivity index (χ1) is 17.5. The standard InChI is InChI=1S/C25H24ClF4N3O4/c1-14(34)31-21-9-20(26)22(37-25(28,29)30)8-15(21)2-7-23(35)33-10-16-12-36-13-17(11-33)24(16)32-19-5-3-18(27)4-6-19/h2-9,16-17,24,32H,10-13H2,1H3,(H,31,34)/b7-2+/t16-,17+,24+. The number of alkyl halides is 3. The van der Waals surface area contributed by atoms with E-state index in [4.69, 9.17) is 16.3 Å². The van der Waals surface area contributed by atoms with Gasteiger partial charge in [-0.05, 0) is 42.5 Å². The number of likely N-dealkylation sites (tertiary alicyclic amines) is 1. The van der Waals surface area contributed by atoms with Crippen molar-refractivity contribution < 1.29 is 36.6 Å². The van der Waals surface area contributed by atoms with Crippen molar-refractivity contribution in [1.29, 1.82) is 0 Å². The molecule has 0 radical (unpaired) electrons. The lowest BCUT2D eigenvalue weighted by Crippen LogP contribution is -2.59.